The molecule has 3 nitrogen and oxygen atoms in total. The van der Waals surface area contributed by atoms with Crippen molar-refractivity contribution in [3.8, 4) is 0 Å². The third kappa shape index (κ3) is 21.2. The van der Waals surface area contributed by atoms with Crippen molar-refractivity contribution < 1.29 is 14.3 Å². The normalized spacial score (nSPS) is 11.8. The van der Waals surface area contributed by atoms with Crippen LogP contribution in [-0.4, -0.2) is 13.1 Å². The van der Waals surface area contributed by atoms with Crippen molar-refractivity contribution in [2.75, 3.05) is 7.11 Å². The Hall–Kier alpha value is -2.29. The number of rotatable bonds is 13. The highest BCUT2D eigenvalue weighted by molar-refractivity contribution is 5.66. The van der Waals surface area contributed by atoms with Gasteiger partial charge >= 0.3 is 5.97 Å². The molecule has 0 aromatic heterocycles. The minimum Gasteiger partial charge on any atom is -0.502 e. The van der Waals surface area contributed by atoms with E-state index in [9.17, 15) is 4.79 Å². The van der Waals surface area contributed by atoms with Crippen LogP contribution in [0.3, 0.4) is 0 Å². The van der Waals surface area contributed by atoms with Crippen molar-refractivity contribution >= 4 is 5.97 Å². The van der Waals surface area contributed by atoms with E-state index in [2.05, 4.69) is 79.8 Å². The second-order valence-electron chi connectivity index (χ2n) is 10.2. The molecule has 39 heavy (non-hydrogen) atoms. The Balaban J connectivity index is -0.000000516. The number of hydrogen-bond donors (Lipinski definition) is 0. The van der Waals surface area contributed by atoms with Crippen LogP contribution in [-0.2, 0) is 20.7 Å². The quantitative estimate of drug-likeness (QED) is 0.107. The number of ether oxygens (including phenoxy) is 2. The predicted molar refractivity (Wildman–Crippen MR) is 174 cm³/mol. The minimum atomic E-state index is -0.214. The fourth-order valence-corrected chi connectivity index (χ4v) is 3.74. The van der Waals surface area contributed by atoms with E-state index in [0.29, 0.717) is 5.92 Å². The molecule has 0 amide bonds. The second kappa shape index (κ2) is 26.0. The van der Waals surface area contributed by atoms with Crippen LogP contribution in [0.4, 0.5) is 0 Å². The molecule has 2 atom stereocenters. The van der Waals surface area contributed by atoms with E-state index in [0.717, 1.165) is 37.0 Å². The monoisotopic (exact) mass is 544 g/mol. The second-order valence-corrected chi connectivity index (χ2v) is 10.2. The molecule has 1 aromatic rings. The molecule has 0 aliphatic carbocycles. The lowest BCUT2D eigenvalue weighted by Gasteiger charge is -2.20. The van der Waals surface area contributed by atoms with Gasteiger partial charge in [-0.2, -0.15) is 0 Å². The summed E-state index contributed by atoms with van der Waals surface area (Å²) >= 11 is 0. The van der Waals surface area contributed by atoms with Crippen LogP contribution in [0.1, 0.15) is 143 Å². The number of benzene rings is 1. The molecule has 1 aromatic carbocycles. The summed E-state index contributed by atoms with van der Waals surface area (Å²) in [7, 11) is 1.70. The Morgan fingerprint density at radius 1 is 0.974 bits per heavy atom. The third-order valence-electron chi connectivity index (χ3n) is 6.75. The largest absolute Gasteiger partial charge is 0.502 e. The van der Waals surface area contributed by atoms with Gasteiger partial charge in [0, 0.05) is 6.92 Å². The molecule has 2 unspecified atom stereocenters. The van der Waals surface area contributed by atoms with Gasteiger partial charge in [-0.1, -0.05) is 84.2 Å². The van der Waals surface area contributed by atoms with Gasteiger partial charge in [-0.05, 0) is 107 Å². The Morgan fingerprint density at radius 2 is 1.56 bits per heavy atom. The predicted octanol–water partition coefficient (Wildman–Crippen LogP) is 11.6. The maximum Gasteiger partial charge on any atom is 0.303 e. The van der Waals surface area contributed by atoms with E-state index in [1.54, 1.807) is 7.11 Å². The zero-order valence-electron chi connectivity index (χ0n) is 28.2. The molecule has 0 aliphatic rings. The lowest BCUT2D eigenvalue weighted by atomic mass is 9.93. The lowest BCUT2D eigenvalue weighted by molar-refractivity contribution is -0.146. The van der Waals surface area contributed by atoms with Gasteiger partial charge in [0.05, 0.1) is 12.9 Å². The molecule has 0 N–H and O–H groups in total. The van der Waals surface area contributed by atoms with E-state index >= 15 is 0 Å². The van der Waals surface area contributed by atoms with E-state index in [-0.39, 0.29) is 12.1 Å². The molecule has 1 rings (SSSR count). The molecule has 0 aliphatic heterocycles. The Labute approximate surface area is 244 Å². The van der Waals surface area contributed by atoms with Crippen LogP contribution in [0.25, 0.3) is 0 Å². The van der Waals surface area contributed by atoms with Crippen LogP contribution >= 0.6 is 0 Å². The summed E-state index contributed by atoms with van der Waals surface area (Å²) in [5.41, 5.74) is 7.64. The van der Waals surface area contributed by atoms with Gasteiger partial charge in [0.15, 0.2) is 0 Å². The molecule has 0 spiro atoms. The summed E-state index contributed by atoms with van der Waals surface area (Å²) in [5.74, 6) is 1.41. The summed E-state index contributed by atoms with van der Waals surface area (Å²) in [6, 6.07) is 4.24. The first kappa shape index (κ1) is 41.2. The Morgan fingerprint density at radius 3 is 1.97 bits per heavy atom. The number of aryl methyl sites for hydroxylation is 1. The standard InChI is InChI=1S/C15H22O2.C11H20O.C8H16.C2H6/c1-6-13-8-9-14(11(4)10(13)3)15(7-2)17-12(5)16;1-9(2)10(3)7-6-8-11(4)12-5;1-4-5-6-7-8(2)3;1-2/h8-9,15H,6-7H2,1-5H3;8,10H,1,6-7H2,2-5H3;2,4-7H2,1,3H3;1-2H3/b;11-8+;;. The van der Waals surface area contributed by atoms with Crippen LogP contribution in [0.2, 0.25) is 0 Å². The first-order valence-corrected chi connectivity index (χ1v) is 15.1. The van der Waals surface area contributed by atoms with E-state index < -0.39 is 0 Å². The number of carbonyl (C=O) groups excluding carboxylic acids is 1. The lowest BCUT2D eigenvalue weighted by Crippen LogP contribution is -2.10. The fourth-order valence-electron chi connectivity index (χ4n) is 3.74. The first-order chi connectivity index (χ1) is 18.4. The van der Waals surface area contributed by atoms with Gasteiger partial charge in [-0.25, -0.2) is 0 Å². The SMILES string of the molecule is C=C(C)C(C)CC/C=C(\C)OC.C=C(C)CCCCC.CC.CCc1ccc(C(CC)OC(C)=O)c(C)c1C. The number of methoxy groups -OCH3 is 1. The highest BCUT2D eigenvalue weighted by Gasteiger charge is 2.16. The molecule has 226 valence electrons. The van der Waals surface area contributed by atoms with Crippen LogP contribution in [0.15, 0.2) is 48.3 Å². The molecule has 0 fully saturated rings. The van der Waals surface area contributed by atoms with Gasteiger partial charge < -0.3 is 9.47 Å². The van der Waals surface area contributed by atoms with Crippen molar-refractivity contribution in [2.24, 2.45) is 5.92 Å². The van der Waals surface area contributed by atoms with E-state index in [4.69, 9.17) is 9.47 Å². The van der Waals surface area contributed by atoms with Crippen molar-refractivity contribution in [3.63, 3.8) is 0 Å². The highest BCUT2D eigenvalue weighted by Crippen LogP contribution is 2.28. The average Bonchev–Trinajstić information content (AvgIpc) is 2.90. The molecule has 0 saturated carbocycles. The van der Waals surface area contributed by atoms with Gasteiger partial charge in [-0.15, -0.1) is 6.58 Å². The molecule has 0 heterocycles. The average molecular weight is 545 g/mol. The van der Waals surface area contributed by atoms with Gasteiger partial charge in [0.2, 0.25) is 0 Å². The summed E-state index contributed by atoms with van der Waals surface area (Å²) < 4.78 is 10.4. The molecule has 0 bridgehead atoms. The van der Waals surface area contributed by atoms with Gasteiger partial charge in [0.1, 0.15) is 6.10 Å². The summed E-state index contributed by atoms with van der Waals surface area (Å²) in [6.45, 7) is 32.2. The summed E-state index contributed by atoms with van der Waals surface area (Å²) in [6.07, 6.45) is 11.3. The van der Waals surface area contributed by atoms with Gasteiger partial charge in [0.25, 0.3) is 0 Å². The minimum absolute atomic E-state index is 0.114. The molecular formula is C36H64O3. The number of allylic oxidation sites excluding steroid dienone is 4. The van der Waals surface area contributed by atoms with E-state index in [1.165, 1.54) is 60.4 Å². The fraction of sp³-hybridized carbons (Fsp3) is 0.639. The third-order valence-corrected chi connectivity index (χ3v) is 6.75. The van der Waals surface area contributed by atoms with Crippen molar-refractivity contribution in [2.45, 2.75) is 141 Å². The van der Waals surface area contributed by atoms with Crippen LogP contribution < -0.4 is 0 Å². The molecule has 3 heteroatoms. The Kier molecular flexibility index (Phi) is 27.4. The number of esters is 1. The molecular weight excluding hydrogens is 480 g/mol. The highest BCUT2D eigenvalue weighted by atomic mass is 16.5. The van der Waals surface area contributed by atoms with Crippen molar-refractivity contribution in [1.29, 1.82) is 0 Å². The number of hydrogen-bond acceptors (Lipinski definition) is 3. The maximum atomic E-state index is 11.1. The van der Waals surface area contributed by atoms with Crippen LogP contribution in [0.5, 0.6) is 0 Å². The smallest absolute Gasteiger partial charge is 0.303 e. The first-order valence-electron chi connectivity index (χ1n) is 15.1. The molecule has 0 saturated heterocycles. The van der Waals surface area contributed by atoms with Crippen molar-refractivity contribution in [1.82, 2.24) is 0 Å². The zero-order chi connectivity index (χ0) is 31.0. The zero-order valence-corrected chi connectivity index (χ0v) is 28.2. The summed E-state index contributed by atoms with van der Waals surface area (Å²) in [4.78, 5) is 11.1. The topological polar surface area (TPSA) is 35.5 Å². The Bertz CT molecular complexity index is 832. The summed E-state index contributed by atoms with van der Waals surface area (Å²) in [5, 5.41) is 0. The van der Waals surface area contributed by atoms with Crippen LogP contribution in [0, 0.1) is 19.8 Å². The van der Waals surface area contributed by atoms with E-state index in [1.807, 2.05) is 27.7 Å². The van der Waals surface area contributed by atoms with Gasteiger partial charge in [-0.3, -0.25) is 4.79 Å². The maximum absolute atomic E-state index is 11.1. The van der Waals surface area contributed by atoms with Crippen molar-refractivity contribution in [3.05, 3.63) is 70.5 Å². The molecule has 0 radical (unpaired) electrons. The number of unbranched alkanes of at least 4 members (excludes halogenated alkanes) is 2. The number of carbonyl (C=O) groups is 1.